The quantitative estimate of drug-likeness (QED) is 0.193. The molecule has 8 heteroatoms. The van der Waals surface area contributed by atoms with Gasteiger partial charge in [-0.25, -0.2) is 8.78 Å². The van der Waals surface area contributed by atoms with E-state index in [9.17, 15) is 13.6 Å². The Morgan fingerprint density at radius 1 is 0.738 bits per heavy atom. The van der Waals surface area contributed by atoms with Gasteiger partial charge in [-0.05, 0) is 79.0 Å². The molecule has 0 bridgehead atoms. The summed E-state index contributed by atoms with van der Waals surface area (Å²) in [7, 11) is 0. The monoisotopic (exact) mass is 586 g/mol. The van der Waals surface area contributed by atoms with Crippen molar-refractivity contribution >= 4 is 35.0 Å². The first-order valence-electron chi connectivity index (χ1n) is 14.1. The number of anilines is 1. The number of hydrogen-bond donors (Lipinski definition) is 0. The summed E-state index contributed by atoms with van der Waals surface area (Å²) in [6, 6.07) is 30.4. The molecule has 1 aliphatic rings. The fraction of sp³-hybridized carbons (Fsp3) is 0.235. The van der Waals surface area contributed by atoms with Crippen LogP contribution in [0.2, 0.25) is 0 Å². The minimum absolute atomic E-state index is 0. The zero-order chi connectivity index (χ0) is 28.2. The normalized spacial score (nSPS) is 13.8. The van der Waals surface area contributed by atoms with Crippen molar-refractivity contribution in [2.45, 2.75) is 18.8 Å². The molecule has 6 rings (SSSR count). The Hall–Kier alpha value is -4.07. The topological polar surface area (TPSA) is 41.4 Å². The summed E-state index contributed by atoms with van der Waals surface area (Å²) < 4.78 is 28.7. The summed E-state index contributed by atoms with van der Waals surface area (Å²) in [4.78, 5) is 18.0. The van der Waals surface area contributed by atoms with Crippen molar-refractivity contribution in [3.8, 4) is 0 Å². The van der Waals surface area contributed by atoms with Crippen LogP contribution in [0.5, 0.6) is 0 Å². The highest BCUT2D eigenvalue weighted by molar-refractivity contribution is 6.03. The number of carbonyl (C=O) groups is 1. The fourth-order valence-corrected chi connectivity index (χ4v) is 5.76. The Labute approximate surface area is 250 Å². The highest BCUT2D eigenvalue weighted by Crippen LogP contribution is 2.31. The average Bonchev–Trinajstić information content (AvgIpc) is 3.41. The van der Waals surface area contributed by atoms with Crippen LogP contribution in [0.3, 0.4) is 0 Å². The Kier molecular flexibility index (Phi) is 9.30. The molecule has 0 saturated carbocycles. The van der Waals surface area contributed by atoms with Crippen LogP contribution in [0.1, 0.15) is 40.2 Å². The van der Waals surface area contributed by atoms with E-state index in [0.717, 1.165) is 73.4 Å². The lowest BCUT2D eigenvalue weighted by Crippen LogP contribution is -2.47. The maximum Gasteiger partial charge on any atom is 0.278 e. The molecule has 1 saturated heterocycles. The van der Waals surface area contributed by atoms with Gasteiger partial charge in [-0.2, -0.15) is 4.68 Å². The summed E-state index contributed by atoms with van der Waals surface area (Å²) in [6.07, 6.45) is 1.84. The van der Waals surface area contributed by atoms with Crippen LogP contribution in [0.15, 0.2) is 103 Å². The van der Waals surface area contributed by atoms with Crippen molar-refractivity contribution in [3.63, 3.8) is 0 Å². The first kappa shape index (κ1) is 29.4. The van der Waals surface area contributed by atoms with Gasteiger partial charge in [-0.15, -0.1) is 17.5 Å². The third kappa shape index (κ3) is 6.37. The number of rotatable bonds is 8. The number of nitrogens with zero attached hydrogens (tertiary/aromatic N) is 4. The molecular formula is C34H33ClF2N4O. The van der Waals surface area contributed by atoms with Gasteiger partial charge in [-0.1, -0.05) is 54.6 Å². The number of carbonyl (C=O) groups excluding carboxylic acids is 1. The first-order chi connectivity index (χ1) is 20.1. The second kappa shape index (κ2) is 13.3. The summed E-state index contributed by atoms with van der Waals surface area (Å²) in [6.45, 7) is 4.37. The Bertz CT molecular complexity index is 1570. The minimum atomic E-state index is -0.258. The summed E-state index contributed by atoms with van der Waals surface area (Å²) in [5.74, 6) is 0.272. The van der Waals surface area contributed by atoms with Gasteiger partial charge in [0.15, 0.2) is 5.82 Å². The van der Waals surface area contributed by atoms with Gasteiger partial charge in [0.25, 0.3) is 5.91 Å². The predicted octanol–water partition coefficient (Wildman–Crippen LogP) is 7.16. The summed E-state index contributed by atoms with van der Waals surface area (Å²) in [5.41, 5.74) is 3.49. The molecule has 42 heavy (non-hydrogen) atoms. The van der Waals surface area contributed by atoms with Crippen molar-refractivity contribution in [2.24, 2.45) is 0 Å². The zero-order valence-corrected chi connectivity index (χ0v) is 24.0. The molecule has 0 spiro atoms. The van der Waals surface area contributed by atoms with Crippen LogP contribution in [0, 0.1) is 11.6 Å². The smallest absolute Gasteiger partial charge is 0.278 e. The van der Waals surface area contributed by atoms with Crippen molar-refractivity contribution in [1.29, 1.82) is 0 Å². The number of fused-ring (bicyclic) bond motifs is 1. The van der Waals surface area contributed by atoms with Gasteiger partial charge >= 0.3 is 0 Å². The molecule has 1 fully saturated rings. The third-order valence-corrected chi connectivity index (χ3v) is 7.96. The minimum Gasteiger partial charge on any atom is -0.352 e. The van der Waals surface area contributed by atoms with Gasteiger partial charge in [0.1, 0.15) is 11.6 Å². The van der Waals surface area contributed by atoms with Gasteiger partial charge in [0.05, 0.1) is 5.52 Å². The molecule has 0 aliphatic carbocycles. The molecule has 0 radical (unpaired) electrons. The van der Waals surface area contributed by atoms with E-state index in [1.807, 2.05) is 78.9 Å². The van der Waals surface area contributed by atoms with E-state index in [1.165, 1.54) is 28.9 Å². The molecule has 1 aliphatic heterocycles. The molecule has 5 aromatic rings. The Morgan fingerprint density at radius 3 is 1.93 bits per heavy atom. The second-order valence-corrected chi connectivity index (χ2v) is 10.6. The van der Waals surface area contributed by atoms with E-state index in [1.54, 1.807) is 0 Å². The van der Waals surface area contributed by atoms with Gasteiger partial charge in [-0.3, -0.25) is 9.69 Å². The van der Waals surface area contributed by atoms with Gasteiger partial charge in [0, 0.05) is 43.0 Å². The molecule has 0 unspecified atom stereocenters. The molecule has 0 atom stereocenters. The van der Waals surface area contributed by atoms with Gasteiger partial charge in [0.2, 0.25) is 0 Å². The molecule has 0 N–H and O–H groups in total. The number of piperazine rings is 1. The van der Waals surface area contributed by atoms with Crippen LogP contribution in [0.4, 0.5) is 14.6 Å². The SMILES string of the molecule is Cl.O=C(c1ccccc1)n1nc(N2CCN(CCCC(c3ccc(F)cc3)c3ccc(F)cc3)CC2)c2ccccc21. The van der Waals surface area contributed by atoms with Crippen molar-refractivity contribution < 1.29 is 13.6 Å². The summed E-state index contributed by atoms with van der Waals surface area (Å²) in [5, 5.41) is 5.78. The maximum absolute atomic E-state index is 13.6. The lowest BCUT2D eigenvalue weighted by atomic mass is 9.87. The molecule has 0 amide bonds. The lowest BCUT2D eigenvalue weighted by molar-refractivity contribution is 0.0950. The number of hydrogen-bond acceptors (Lipinski definition) is 4. The van der Waals surface area contributed by atoms with E-state index in [0.29, 0.717) is 5.56 Å². The molecule has 1 aromatic heterocycles. The van der Waals surface area contributed by atoms with E-state index >= 15 is 0 Å². The lowest BCUT2D eigenvalue weighted by Gasteiger charge is -2.35. The first-order valence-corrected chi connectivity index (χ1v) is 14.1. The predicted molar refractivity (Wildman–Crippen MR) is 166 cm³/mol. The molecule has 216 valence electrons. The fourth-order valence-electron chi connectivity index (χ4n) is 5.76. The van der Waals surface area contributed by atoms with Gasteiger partial charge < -0.3 is 4.90 Å². The van der Waals surface area contributed by atoms with Crippen LogP contribution in [0.25, 0.3) is 10.9 Å². The standard InChI is InChI=1S/C34H32F2N4O.ClH/c35-28-16-12-25(13-17-28)30(26-14-18-29(36)19-15-26)10-6-20-38-21-23-39(24-22-38)33-31-9-4-5-11-32(31)40(37-33)34(41)27-7-2-1-3-8-27;/h1-5,7-9,11-19,30H,6,10,20-24H2;1H. The van der Waals surface area contributed by atoms with Crippen LogP contribution in [-0.2, 0) is 0 Å². The molecule has 5 nitrogen and oxygen atoms in total. The van der Waals surface area contributed by atoms with Crippen molar-refractivity contribution in [2.75, 3.05) is 37.6 Å². The van der Waals surface area contributed by atoms with Crippen molar-refractivity contribution in [1.82, 2.24) is 14.7 Å². The van der Waals surface area contributed by atoms with Crippen LogP contribution < -0.4 is 4.90 Å². The Morgan fingerprint density at radius 2 is 1.31 bits per heavy atom. The van der Waals surface area contributed by atoms with E-state index in [2.05, 4.69) is 9.80 Å². The highest BCUT2D eigenvalue weighted by Gasteiger charge is 2.24. The number of para-hydroxylation sites is 1. The van der Waals surface area contributed by atoms with Crippen LogP contribution >= 0.6 is 12.4 Å². The maximum atomic E-state index is 13.6. The second-order valence-electron chi connectivity index (χ2n) is 10.6. The number of halogens is 3. The zero-order valence-electron chi connectivity index (χ0n) is 23.2. The molecule has 2 heterocycles. The van der Waals surface area contributed by atoms with Crippen molar-refractivity contribution in [3.05, 3.63) is 131 Å². The summed E-state index contributed by atoms with van der Waals surface area (Å²) >= 11 is 0. The number of aromatic nitrogens is 2. The molecule has 4 aromatic carbocycles. The van der Waals surface area contributed by atoms with E-state index in [-0.39, 0.29) is 35.9 Å². The third-order valence-electron chi connectivity index (χ3n) is 7.96. The average molecular weight is 587 g/mol. The van der Waals surface area contributed by atoms with E-state index < -0.39 is 0 Å². The Balaban J connectivity index is 0.00000353. The van der Waals surface area contributed by atoms with Crippen LogP contribution in [-0.4, -0.2) is 53.3 Å². The molecular weight excluding hydrogens is 554 g/mol. The highest BCUT2D eigenvalue weighted by atomic mass is 35.5. The number of benzene rings is 4. The largest absolute Gasteiger partial charge is 0.352 e. The van der Waals surface area contributed by atoms with E-state index in [4.69, 9.17) is 5.10 Å².